The summed E-state index contributed by atoms with van der Waals surface area (Å²) < 4.78 is 1.93. The van der Waals surface area contributed by atoms with E-state index in [1.54, 1.807) is 18.2 Å². The highest BCUT2D eigenvalue weighted by Crippen LogP contribution is 2.27. The first-order chi connectivity index (χ1) is 10.0. The fourth-order valence-corrected chi connectivity index (χ4v) is 2.23. The fraction of sp³-hybridized carbons (Fsp3) is 0.188. The molecule has 0 saturated carbocycles. The molecule has 1 aromatic carbocycles. The number of imidazole rings is 1. The fourth-order valence-electron chi connectivity index (χ4n) is 2.23. The average molecular weight is 280 g/mol. The summed E-state index contributed by atoms with van der Waals surface area (Å²) >= 11 is 0. The number of phenolic OH excluding ortho intramolecular Hbond substituents is 1. The van der Waals surface area contributed by atoms with Gasteiger partial charge in [0.05, 0.1) is 11.4 Å². The van der Waals surface area contributed by atoms with Crippen molar-refractivity contribution in [3.63, 3.8) is 0 Å². The first kappa shape index (κ1) is 13.3. The molecule has 0 aliphatic rings. The molecule has 0 fully saturated rings. The lowest BCUT2D eigenvalue weighted by atomic mass is 10.2. The lowest BCUT2D eigenvalue weighted by Gasteiger charge is -2.00. The van der Waals surface area contributed by atoms with Crippen molar-refractivity contribution < 1.29 is 5.11 Å². The second-order valence-electron chi connectivity index (χ2n) is 5.13. The highest BCUT2D eigenvalue weighted by atomic mass is 16.3. The zero-order valence-corrected chi connectivity index (χ0v) is 12.2. The normalized spacial score (nSPS) is 11.6. The van der Waals surface area contributed by atoms with Crippen LogP contribution in [0.3, 0.4) is 0 Å². The van der Waals surface area contributed by atoms with Crippen LogP contribution in [0.1, 0.15) is 16.8 Å². The lowest BCUT2D eigenvalue weighted by Crippen LogP contribution is -1.84. The lowest BCUT2D eigenvalue weighted by molar-refractivity contribution is 0.475. The summed E-state index contributed by atoms with van der Waals surface area (Å²) in [6, 6.07) is 9.00. The molecule has 0 amide bonds. The van der Waals surface area contributed by atoms with Crippen molar-refractivity contribution in [2.45, 2.75) is 20.8 Å². The summed E-state index contributed by atoms with van der Waals surface area (Å²) in [5.41, 5.74) is 4.43. The summed E-state index contributed by atoms with van der Waals surface area (Å²) in [5.74, 6) is 0.953. The minimum Gasteiger partial charge on any atom is -0.508 e. The molecule has 3 aromatic rings. The van der Waals surface area contributed by atoms with Crippen molar-refractivity contribution in [2.24, 2.45) is 10.2 Å². The first-order valence-corrected chi connectivity index (χ1v) is 6.71. The molecular formula is C16H16N4O. The Morgan fingerprint density at radius 3 is 2.62 bits per heavy atom. The Kier molecular flexibility index (Phi) is 3.17. The number of hydrogen-bond acceptors (Lipinski definition) is 4. The monoisotopic (exact) mass is 280 g/mol. The third kappa shape index (κ3) is 2.50. The summed E-state index contributed by atoms with van der Waals surface area (Å²) in [4.78, 5) is 4.47. The van der Waals surface area contributed by atoms with Crippen molar-refractivity contribution in [3.8, 4) is 5.75 Å². The van der Waals surface area contributed by atoms with E-state index in [0.29, 0.717) is 0 Å². The predicted molar refractivity (Wildman–Crippen MR) is 81.7 cm³/mol. The Bertz CT molecular complexity index is 849. The molecule has 2 aromatic heterocycles. The Morgan fingerprint density at radius 2 is 1.86 bits per heavy atom. The topological polar surface area (TPSA) is 62.2 Å². The van der Waals surface area contributed by atoms with E-state index in [0.717, 1.165) is 34.0 Å². The van der Waals surface area contributed by atoms with Gasteiger partial charge in [-0.1, -0.05) is 6.07 Å². The SMILES string of the molecule is Cc1ccc2nc(C)c(N=Nc3ccc(O)cc3C)n2c1. The van der Waals surface area contributed by atoms with Crippen molar-refractivity contribution in [1.29, 1.82) is 0 Å². The van der Waals surface area contributed by atoms with Crippen LogP contribution in [0.4, 0.5) is 11.5 Å². The third-order valence-electron chi connectivity index (χ3n) is 3.34. The molecular weight excluding hydrogens is 264 g/mol. The summed E-state index contributed by atoms with van der Waals surface area (Å²) in [7, 11) is 0. The van der Waals surface area contributed by atoms with E-state index < -0.39 is 0 Å². The number of fused-ring (bicyclic) bond motifs is 1. The molecule has 2 heterocycles. The maximum Gasteiger partial charge on any atom is 0.182 e. The number of nitrogens with zero attached hydrogens (tertiary/aromatic N) is 4. The van der Waals surface area contributed by atoms with Crippen molar-refractivity contribution in [2.75, 3.05) is 0 Å². The number of aryl methyl sites for hydroxylation is 3. The van der Waals surface area contributed by atoms with Crippen LogP contribution in [-0.4, -0.2) is 14.5 Å². The standard InChI is InChI=1S/C16H16N4O/c1-10-4-7-15-17-12(3)16(20(15)9-10)19-18-14-6-5-13(21)8-11(14)2/h4-9,21H,1-3H3. The number of phenols is 1. The molecule has 0 spiro atoms. The summed E-state index contributed by atoms with van der Waals surface area (Å²) in [5, 5.41) is 18.0. The van der Waals surface area contributed by atoms with Gasteiger partial charge in [-0.05, 0) is 56.2 Å². The maximum atomic E-state index is 9.42. The molecule has 0 atom stereocenters. The Morgan fingerprint density at radius 1 is 1.05 bits per heavy atom. The maximum absolute atomic E-state index is 9.42. The largest absolute Gasteiger partial charge is 0.508 e. The molecule has 3 rings (SSSR count). The number of azo groups is 1. The molecule has 1 N–H and O–H groups in total. The number of hydrogen-bond donors (Lipinski definition) is 1. The molecule has 0 saturated heterocycles. The second-order valence-corrected chi connectivity index (χ2v) is 5.13. The van der Waals surface area contributed by atoms with Gasteiger partial charge in [-0.2, -0.15) is 0 Å². The molecule has 0 bridgehead atoms. The Hall–Kier alpha value is -2.69. The van der Waals surface area contributed by atoms with E-state index >= 15 is 0 Å². The van der Waals surface area contributed by atoms with Gasteiger partial charge in [0.1, 0.15) is 11.4 Å². The van der Waals surface area contributed by atoms with E-state index in [-0.39, 0.29) is 5.75 Å². The minimum atomic E-state index is 0.230. The van der Waals surface area contributed by atoms with Crippen LogP contribution >= 0.6 is 0 Å². The quantitative estimate of drug-likeness (QED) is 0.708. The van der Waals surface area contributed by atoms with Gasteiger partial charge in [0.15, 0.2) is 5.82 Å². The molecule has 21 heavy (non-hydrogen) atoms. The summed E-state index contributed by atoms with van der Waals surface area (Å²) in [6.45, 7) is 5.83. The van der Waals surface area contributed by atoms with Crippen LogP contribution in [0.25, 0.3) is 5.65 Å². The van der Waals surface area contributed by atoms with Gasteiger partial charge in [0, 0.05) is 6.20 Å². The zero-order valence-electron chi connectivity index (χ0n) is 12.2. The van der Waals surface area contributed by atoms with Crippen LogP contribution in [0.15, 0.2) is 46.8 Å². The zero-order chi connectivity index (χ0) is 15.0. The third-order valence-corrected chi connectivity index (χ3v) is 3.34. The van der Waals surface area contributed by atoms with Crippen molar-refractivity contribution in [1.82, 2.24) is 9.38 Å². The van der Waals surface area contributed by atoms with Crippen LogP contribution < -0.4 is 0 Å². The minimum absolute atomic E-state index is 0.230. The second kappa shape index (κ2) is 5.01. The van der Waals surface area contributed by atoms with E-state index in [4.69, 9.17) is 0 Å². The van der Waals surface area contributed by atoms with E-state index in [1.807, 2.05) is 43.5 Å². The van der Waals surface area contributed by atoms with Gasteiger partial charge in [0.25, 0.3) is 0 Å². The van der Waals surface area contributed by atoms with Crippen molar-refractivity contribution >= 4 is 17.2 Å². The van der Waals surface area contributed by atoms with E-state index in [1.165, 1.54) is 0 Å². The van der Waals surface area contributed by atoms with Gasteiger partial charge in [-0.25, -0.2) is 4.98 Å². The number of aromatic nitrogens is 2. The first-order valence-electron chi connectivity index (χ1n) is 6.71. The Balaban J connectivity index is 2.06. The summed E-state index contributed by atoms with van der Waals surface area (Å²) in [6.07, 6.45) is 1.99. The molecule has 5 heteroatoms. The highest BCUT2D eigenvalue weighted by molar-refractivity contribution is 5.53. The number of benzene rings is 1. The molecule has 0 unspecified atom stereocenters. The number of pyridine rings is 1. The number of rotatable bonds is 2. The molecule has 106 valence electrons. The Labute approximate surface area is 122 Å². The van der Waals surface area contributed by atoms with Gasteiger partial charge in [-0.15, -0.1) is 10.2 Å². The van der Waals surface area contributed by atoms with E-state index in [2.05, 4.69) is 15.2 Å². The van der Waals surface area contributed by atoms with Gasteiger partial charge < -0.3 is 5.11 Å². The van der Waals surface area contributed by atoms with Crippen LogP contribution in [0, 0.1) is 20.8 Å². The smallest absolute Gasteiger partial charge is 0.182 e. The predicted octanol–water partition coefficient (Wildman–Crippen LogP) is 4.38. The van der Waals surface area contributed by atoms with Crippen LogP contribution in [-0.2, 0) is 0 Å². The van der Waals surface area contributed by atoms with Gasteiger partial charge in [0.2, 0.25) is 0 Å². The molecule has 0 aliphatic carbocycles. The molecule has 0 aliphatic heterocycles. The molecule has 5 nitrogen and oxygen atoms in total. The van der Waals surface area contributed by atoms with E-state index in [9.17, 15) is 5.11 Å². The average Bonchev–Trinajstić information content (AvgIpc) is 2.73. The van der Waals surface area contributed by atoms with Crippen LogP contribution in [0.5, 0.6) is 5.75 Å². The van der Waals surface area contributed by atoms with Crippen LogP contribution in [0.2, 0.25) is 0 Å². The highest BCUT2D eigenvalue weighted by Gasteiger charge is 2.08. The van der Waals surface area contributed by atoms with Crippen molar-refractivity contribution in [3.05, 3.63) is 53.3 Å². The van der Waals surface area contributed by atoms with Gasteiger partial charge >= 0.3 is 0 Å². The van der Waals surface area contributed by atoms with Gasteiger partial charge in [-0.3, -0.25) is 4.40 Å². The number of aromatic hydroxyl groups is 1. The molecule has 0 radical (unpaired) electrons.